The highest BCUT2D eigenvalue weighted by Gasteiger charge is 2.26. The number of carbonyl (C=O) groups is 1. The van der Waals surface area contributed by atoms with Crippen molar-refractivity contribution in [2.45, 2.75) is 63.9 Å². The third-order valence-corrected chi connectivity index (χ3v) is 8.27. The SMILES string of the molecule is O=C(c1ccc(CNC2CCC(N(CCO)Cc3cccs3)CC2)cc1)N(Cc1ncc[nH]1)Cc1ncc[nH]1. The van der Waals surface area contributed by atoms with Crippen molar-refractivity contribution in [3.63, 3.8) is 0 Å². The molecule has 3 aromatic heterocycles. The van der Waals surface area contributed by atoms with Crippen LogP contribution in [0, 0.1) is 0 Å². The van der Waals surface area contributed by atoms with Crippen molar-refractivity contribution in [3.05, 3.63) is 94.2 Å². The molecule has 39 heavy (non-hydrogen) atoms. The summed E-state index contributed by atoms with van der Waals surface area (Å²) in [4.78, 5) is 33.6. The van der Waals surface area contributed by atoms with Crippen LogP contribution in [0.1, 0.15) is 58.1 Å². The number of hydrogen-bond donors (Lipinski definition) is 4. The molecule has 1 aliphatic carbocycles. The van der Waals surface area contributed by atoms with Crippen LogP contribution in [0.15, 0.2) is 66.6 Å². The Bertz CT molecular complexity index is 1200. The summed E-state index contributed by atoms with van der Waals surface area (Å²) >= 11 is 1.78. The maximum absolute atomic E-state index is 13.4. The lowest BCUT2D eigenvalue weighted by Gasteiger charge is -2.36. The molecule has 0 bridgehead atoms. The number of imidazole rings is 2. The van der Waals surface area contributed by atoms with Gasteiger partial charge in [0.05, 0.1) is 19.7 Å². The number of carbonyl (C=O) groups excluding carboxylic acids is 1. The topological polar surface area (TPSA) is 113 Å². The standard InChI is InChI=1S/C29H37N7O2S/c37-16-15-35(19-26-2-1-17-39-26)25-9-7-24(8-10-25)34-18-22-3-5-23(6-4-22)29(38)36(20-27-30-11-12-31-27)21-28-32-13-14-33-28/h1-6,11-14,17,24-25,34,37H,7-10,15-16,18-21H2,(H,30,31)(H,32,33). The first-order valence-corrected chi connectivity index (χ1v) is 14.5. The van der Waals surface area contributed by atoms with Gasteiger partial charge in [0, 0.05) is 66.9 Å². The van der Waals surface area contributed by atoms with Gasteiger partial charge in [0.2, 0.25) is 0 Å². The van der Waals surface area contributed by atoms with Gasteiger partial charge in [-0.2, -0.15) is 0 Å². The van der Waals surface area contributed by atoms with Crippen molar-refractivity contribution in [1.29, 1.82) is 0 Å². The molecular formula is C29H37N7O2S. The summed E-state index contributed by atoms with van der Waals surface area (Å²) in [7, 11) is 0. The second-order valence-corrected chi connectivity index (χ2v) is 11.1. The number of H-pyrrole nitrogens is 2. The van der Waals surface area contributed by atoms with Crippen molar-refractivity contribution in [2.75, 3.05) is 13.2 Å². The molecule has 1 aliphatic rings. The van der Waals surface area contributed by atoms with E-state index in [1.807, 2.05) is 24.3 Å². The summed E-state index contributed by atoms with van der Waals surface area (Å²) in [5.74, 6) is 1.41. The number of nitrogens with zero attached hydrogens (tertiary/aromatic N) is 4. The van der Waals surface area contributed by atoms with Gasteiger partial charge >= 0.3 is 0 Å². The van der Waals surface area contributed by atoms with Crippen LogP contribution in [0.3, 0.4) is 0 Å². The van der Waals surface area contributed by atoms with Gasteiger partial charge < -0.3 is 25.3 Å². The quantitative estimate of drug-likeness (QED) is 0.202. The molecule has 10 heteroatoms. The second-order valence-electron chi connectivity index (χ2n) is 10.1. The van der Waals surface area contributed by atoms with Crippen molar-refractivity contribution in [3.8, 4) is 0 Å². The maximum atomic E-state index is 13.4. The van der Waals surface area contributed by atoms with Gasteiger partial charge in [-0.3, -0.25) is 9.69 Å². The fourth-order valence-electron chi connectivity index (χ4n) is 5.31. The Hall–Kier alpha value is -3.31. The number of aliphatic hydroxyl groups excluding tert-OH is 1. The van der Waals surface area contributed by atoms with E-state index in [2.05, 4.69) is 47.7 Å². The molecule has 0 atom stereocenters. The Balaban J connectivity index is 1.12. The second kappa shape index (κ2) is 13.7. The Morgan fingerprint density at radius 2 is 1.67 bits per heavy atom. The molecule has 0 saturated heterocycles. The van der Waals surface area contributed by atoms with E-state index in [0.29, 0.717) is 30.7 Å². The fourth-order valence-corrected chi connectivity index (χ4v) is 6.04. The molecule has 0 spiro atoms. The molecule has 4 aromatic rings. The first kappa shape index (κ1) is 27.3. The number of benzene rings is 1. The summed E-state index contributed by atoms with van der Waals surface area (Å²) in [6.07, 6.45) is 11.4. The van der Waals surface area contributed by atoms with Gasteiger partial charge in [0.1, 0.15) is 11.6 Å². The number of rotatable bonds is 13. The van der Waals surface area contributed by atoms with E-state index in [9.17, 15) is 9.90 Å². The Morgan fingerprint density at radius 1 is 0.974 bits per heavy atom. The fraction of sp³-hybridized carbons (Fsp3) is 0.414. The lowest BCUT2D eigenvalue weighted by Crippen LogP contribution is -2.43. The van der Waals surface area contributed by atoms with Crippen LogP contribution in [0.4, 0.5) is 0 Å². The molecule has 1 saturated carbocycles. The van der Waals surface area contributed by atoms with Crippen LogP contribution in [0.5, 0.6) is 0 Å². The third kappa shape index (κ3) is 7.63. The van der Waals surface area contributed by atoms with Gasteiger partial charge in [-0.1, -0.05) is 18.2 Å². The number of thiophene rings is 1. The number of aromatic amines is 2. The summed E-state index contributed by atoms with van der Waals surface area (Å²) in [6, 6.07) is 13.2. The zero-order valence-electron chi connectivity index (χ0n) is 22.1. The summed E-state index contributed by atoms with van der Waals surface area (Å²) in [5, 5.41) is 15.4. The van der Waals surface area contributed by atoms with Gasteiger partial charge in [-0.15, -0.1) is 11.3 Å². The molecule has 5 rings (SSSR count). The van der Waals surface area contributed by atoms with E-state index in [1.54, 1.807) is 41.0 Å². The van der Waals surface area contributed by atoms with Crippen LogP contribution in [-0.4, -0.2) is 66.0 Å². The van der Waals surface area contributed by atoms with Gasteiger partial charge in [-0.05, 0) is 54.8 Å². The molecule has 4 N–H and O–H groups in total. The first-order chi connectivity index (χ1) is 19.2. The van der Waals surface area contributed by atoms with E-state index in [-0.39, 0.29) is 12.5 Å². The minimum absolute atomic E-state index is 0.0596. The molecule has 206 valence electrons. The Labute approximate surface area is 233 Å². The maximum Gasteiger partial charge on any atom is 0.254 e. The minimum atomic E-state index is -0.0596. The van der Waals surface area contributed by atoms with Crippen LogP contribution in [-0.2, 0) is 26.2 Å². The first-order valence-electron chi connectivity index (χ1n) is 13.6. The minimum Gasteiger partial charge on any atom is -0.395 e. The number of hydrogen-bond acceptors (Lipinski definition) is 7. The normalized spacial score (nSPS) is 17.5. The van der Waals surface area contributed by atoms with E-state index >= 15 is 0 Å². The van der Waals surface area contributed by atoms with Crippen molar-refractivity contribution in [1.82, 2.24) is 35.1 Å². The molecule has 0 aliphatic heterocycles. The monoisotopic (exact) mass is 547 g/mol. The van der Waals surface area contributed by atoms with E-state index < -0.39 is 0 Å². The average molecular weight is 548 g/mol. The molecule has 1 fully saturated rings. The van der Waals surface area contributed by atoms with Crippen LogP contribution >= 0.6 is 11.3 Å². The largest absolute Gasteiger partial charge is 0.395 e. The predicted octanol–water partition coefficient (Wildman–Crippen LogP) is 3.93. The van der Waals surface area contributed by atoms with Crippen LogP contribution in [0.2, 0.25) is 0 Å². The summed E-state index contributed by atoms with van der Waals surface area (Å²) in [5.41, 5.74) is 1.81. The Kier molecular flexibility index (Phi) is 9.55. The van der Waals surface area contributed by atoms with E-state index in [0.717, 1.165) is 62.5 Å². The average Bonchev–Trinajstić information content (AvgIpc) is 3.77. The highest BCUT2D eigenvalue weighted by molar-refractivity contribution is 7.09. The lowest BCUT2D eigenvalue weighted by atomic mass is 9.90. The predicted molar refractivity (Wildman–Crippen MR) is 152 cm³/mol. The highest BCUT2D eigenvalue weighted by Crippen LogP contribution is 2.26. The van der Waals surface area contributed by atoms with E-state index in [4.69, 9.17) is 0 Å². The number of aliphatic hydroxyl groups is 1. The molecule has 9 nitrogen and oxygen atoms in total. The van der Waals surface area contributed by atoms with Crippen LogP contribution < -0.4 is 5.32 Å². The number of nitrogens with one attached hydrogen (secondary N) is 3. The van der Waals surface area contributed by atoms with Crippen molar-refractivity contribution in [2.24, 2.45) is 0 Å². The number of amides is 1. The summed E-state index contributed by atoms with van der Waals surface area (Å²) < 4.78 is 0. The summed E-state index contributed by atoms with van der Waals surface area (Å²) in [6.45, 7) is 3.38. The van der Waals surface area contributed by atoms with Gasteiger partial charge in [0.25, 0.3) is 5.91 Å². The molecular weight excluding hydrogens is 510 g/mol. The third-order valence-electron chi connectivity index (χ3n) is 7.41. The van der Waals surface area contributed by atoms with Crippen molar-refractivity contribution >= 4 is 17.2 Å². The highest BCUT2D eigenvalue weighted by atomic mass is 32.1. The molecule has 0 unspecified atom stereocenters. The van der Waals surface area contributed by atoms with Gasteiger partial charge in [-0.25, -0.2) is 9.97 Å². The van der Waals surface area contributed by atoms with Crippen molar-refractivity contribution < 1.29 is 9.90 Å². The zero-order valence-corrected chi connectivity index (χ0v) is 22.9. The zero-order chi connectivity index (χ0) is 26.9. The molecule has 1 amide bonds. The molecule has 0 radical (unpaired) electrons. The molecule has 3 heterocycles. The smallest absolute Gasteiger partial charge is 0.254 e. The Morgan fingerprint density at radius 3 is 2.23 bits per heavy atom. The lowest BCUT2D eigenvalue weighted by molar-refractivity contribution is 0.0721. The number of aromatic nitrogens is 4. The van der Waals surface area contributed by atoms with Gasteiger partial charge in [0.15, 0.2) is 0 Å². The van der Waals surface area contributed by atoms with Crippen LogP contribution in [0.25, 0.3) is 0 Å². The van der Waals surface area contributed by atoms with E-state index in [1.165, 1.54) is 4.88 Å². The molecule has 1 aromatic carbocycles.